The quantitative estimate of drug-likeness (QED) is 0.912. The Morgan fingerprint density at radius 3 is 2.83 bits per heavy atom. The van der Waals surface area contributed by atoms with E-state index in [9.17, 15) is 14.7 Å². The molecule has 2 aromatic rings. The molecule has 1 N–H and O–H groups in total. The average molecular weight is 327 g/mol. The predicted molar refractivity (Wildman–Crippen MR) is 88.9 cm³/mol. The second kappa shape index (κ2) is 6.86. The van der Waals surface area contributed by atoms with Gasteiger partial charge < -0.3 is 14.6 Å². The van der Waals surface area contributed by atoms with Gasteiger partial charge in [0.2, 0.25) is 5.91 Å². The van der Waals surface area contributed by atoms with Crippen molar-refractivity contribution >= 4 is 11.9 Å². The number of amides is 1. The van der Waals surface area contributed by atoms with Gasteiger partial charge in [-0.25, -0.2) is 9.78 Å². The third kappa shape index (κ3) is 3.32. The molecule has 24 heavy (non-hydrogen) atoms. The molecule has 0 bridgehead atoms. The van der Waals surface area contributed by atoms with Crippen LogP contribution in [0, 0.1) is 0 Å². The van der Waals surface area contributed by atoms with Gasteiger partial charge in [-0.1, -0.05) is 18.2 Å². The molecule has 1 aliphatic heterocycles. The summed E-state index contributed by atoms with van der Waals surface area (Å²) in [4.78, 5) is 29.9. The molecule has 2 heterocycles. The van der Waals surface area contributed by atoms with E-state index in [1.165, 1.54) is 0 Å². The molecule has 1 amide bonds. The van der Waals surface area contributed by atoms with E-state index in [1.54, 1.807) is 30.5 Å². The van der Waals surface area contributed by atoms with Crippen LogP contribution in [0.15, 0.2) is 36.7 Å². The molecule has 0 spiro atoms. The molecule has 1 saturated heterocycles. The number of aryl methyl sites for hydroxylation is 2. The van der Waals surface area contributed by atoms with Crippen LogP contribution in [-0.2, 0) is 18.3 Å². The Morgan fingerprint density at radius 1 is 1.33 bits per heavy atom. The number of aromatic carboxylic acids is 1. The number of likely N-dealkylation sites (tertiary alicyclic amines) is 1. The summed E-state index contributed by atoms with van der Waals surface area (Å²) in [5.41, 5.74) is 0.982. The highest BCUT2D eigenvalue weighted by molar-refractivity contribution is 5.89. The van der Waals surface area contributed by atoms with Gasteiger partial charge in [0.25, 0.3) is 0 Å². The van der Waals surface area contributed by atoms with Crippen molar-refractivity contribution in [3.63, 3.8) is 0 Å². The summed E-state index contributed by atoms with van der Waals surface area (Å²) in [6.45, 7) is 1.42. The average Bonchev–Trinajstić information content (AvgIpc) is 3.21. The van der Waals surface area contributed by atoms with Gasteiger partial charge in [-0.3, -0.25) is 4.79 Å². The third-order valence-corrected chi connectivity index (χ3v) is 4.62. The first kappa shape index (κ1) is 16.2. The Balaban J connectivity index is 1.59. The monoisotopic (exact) mass is 327 g/mol. The van der Waals surface area contributed by atoms with Crippen molar-refractivity contribution < 1.29 is 14.7 Å². The molecule has 6 nitrogen and oxygen atoms in total. The van der Waals surface area contributed by atoms with Crippen LogP contribution >= 0.6 is 0 Å². The smallest absolute Gasteiger partial charge is 0.335 e. The van der Waals surface area contributed by atoms with E-state index < -0.39 is 5.97 Å². The Morgan fingerprint density at radius 2 is 2.12 bits per heavy atom. The van der Waals surface area contributed by atoms with Gasteiger partial charge in [0.15, 0.2) is 0 Å². The zero-order valence-corrected chi connectivity index (χ0v) is 13.7. The number of nitrogens with zero attached hydrogens (tertiary/aromatic N) is 3. The minimum atomic E-state index is -0.950. The second-order valence-electron chi connectivity index (χ2n) is 6.18. The second-order valence-corrected chi connectivity index (χ2v) is 6.18. The van der Waals surface area contributed by atoms with E-state index >= 15 is 0 Å². The van der Waals surface area contributed by atoms with Crippen LogP contribution in [0.5, 0.6) is 0 Å². The fraction of sp³-hybridized carbons (Fsp3) is 0.389. The van der Waals surface area contributed by atoms with E-state index in [-0.39, 0.29) is 17.4 Å². The molecule has 1 aliphatic rings. The summed E-state index contributed by atoms with van der Waals surface area (Å²) in [7, 11) is 1.97. The summed E-state index contributed by atoms with van der Waals surface area (Å²) >= 11 is 0. The predicted octanol–water partition coefficient (Wildman–Crippen LogP) is 2.07. The lowest BCUT2D eigenvalue weighted by Gasteiger charge is -2.17. The summed E-state index contributed by atoms with van der Waals surface area (Å²) in [5.74, 6) is 0.419. The summed E-state index contributed by atoms with van der Waals surface area (Å²) in [5, 5.41) is 9.20. The first-order valence-corrected chi connectivity index (χ1v) is 8.12. The molecule has 0 saturated carbocycles. The first-order chi connectivity index (χ1) is 11.6. The molecule has 3 rings (SSSR count). The SMILES string of the molecule is Cn1ccnc1C1CCN(C(=O)CCc2ccccc2C(=O)O)C1. The molecule has 1 atom stereocenters. The van der Waals surface area contributed by atoms with Crippen molar-refractivity contribution in [2.45, 2.75) is 25.2 Å². The van der Waals surface area contributed by atoms with Crippen molar-refractivity contribution in [3.05, 3.63) is 53.6 Å². The van der Waals surface area contributed by atoms with Crippen LogP contribution < -0.4 is 0 Å². The van der Waals surface area contributed by atoms with Crippen LogP contribution in [0.3, 0.4) is 0 Å². The van der Waals surface area contributed by atoms with Crippen molar-refractivity contribution in [2.24, 2.45) is 7.05 Å². The molecule has 126 valence electrons. The van der Waals surface area contributed by atoms with Gasteiger partial charge >= 0.3 is 5.97 Å². The van der Waals surface area contributed by atoms with Gasteiger partial charge in [-0.15, -0.1) is 0 Å². The van der Waals surface area contributed by atoms with Crippen LogP contribution in [0.4, 0.5) is 0 Å². The van der Waals surface area contributed by atoms with Crippen LogP contribution in [-0.4, -0.2) is 44.5 Å². The minimum absolute atomic E-state index is 0.0758. The van der Waals surface area contributed by atoms with Gasteiger partial charge in [0, 0.05) is 44.9 Å². The lowest BCUT2D eigenvalue weighted by Crippen LogP contribution is -2.29. The topological polar surface area (TPSA) is 75.4 Å². The fourth-order valence-electron chi connectivity index (χ4n) is 3.31. The number of carboxylic acids is 1. The number of carbonyl (C=O) groups excluding carboxylic acids is 1. The van der Waals surface area contributed by atoms with Gasteiger partial charge in [0.1, 0.15) is 5.82 Å². The Bertz CT molecular complexity index is 753. The number of benzene rings is 1. The molecular weight excluding hydrogens is 306 g/mol. The number of rotatable bonds is 5. The lowest BCUT2D eigenvalue weighted by atomic mass is 10.0. The molecular formula is C18H21N3O3. The van der Waals surface area contributed by atoms with Gasteiger partial charge in [-0.2, -0.15) is 0 Å². The van der Waals surface area contributed by atoms with Crippen LogP contribution in [0.1, 0.15) is 40.5 Å². The number of hydrogen-bond donors (Lipinski definition) is 1. The van der Waals surface area contributed by atoms with E-state index in [0.29, 0.717) is 24.9 Å². The Hall–Kier alpha value is -2.63. The third-order valence-electron chi connectivity index (χ3n) is 4.62. The van der Waals surface area contributed by atoms with E-state index in [0.717, 1.165) is 18.8 Å². The van der Waals surface area contributed by atoms with E-state index in [4.69, 9.17) is 0 Å². The normalized spacial score (nSPS) is 17.2. The molecule has 1 aromatic carbocycles. The molecule has 1 fully saturated rings. The fourth-order valence-corrected chi connectivity index (χ4v) is 3.31. The molecule has 1 aromatic heterocycles. The van der Waals surface area contributed by atoms with Crippen molar-refractivity contribution in [2.75, 3.05) is 13.1 Å². The number of aromatic nitrogens is 2. The maximum Gasteiger partial charge on any atom is 0.335 e. The molecule has 6 heteroatoms. The van der Waals surface area contributed by atoms with E-state index in [1.807, 2.05) is 22.7 Å². The number of carboxylic acid groups (broad SMARTS) is 1. The summed E-state index contributed by atoms with van der Waals surface area (Å²) < 4.78 is 2.00. The lowest BCUT2D eigenvalue weighted by molar-refractivity contribution is -0.130. The Labute approximate surface area is 140 Å². The van der Waals surface area contributed by atoms with E-state index in [2.05, 4.69) is 4.98 Å². The van der Waals surface area contributed by atoms with Crippen molar-refractivity contribution in [3.8, 4) is 0 Å². The van der Waals surface area contributed by atoms with Crippen molar-refractivity contribution in [1.29, 1.82) is 0 Å². The van der Waals surface area contributed by atoms with Gasteiger partial charge in [-0.05, 0) is 24.5 Å². The highest BCUT2D eigenvalue weighted by atomic mass is 16.4. The zero-order valence-electron chi connectivity index (χ0n) is 13.7. The summed E-state index contributed by atoms with van der Waals surface area (Å²) in [6, 6.07) is 6.86. The van der Waals surface area contributed by atoms with Crippen LogP contribution in [0.25, 0.3) is 0 Å². The molecule has 1 unspecified atom stereocenters. The highest BCUT2D eigenvalue weighted by Crippen LogP contribution is 2.26. The van der Waals surface area contributed by atoms with Crippen molar-refractivity contribution in [1.82, 2.24) is 14.5 Å². The van der Waals surface area contributed by atoms with Crippen LogP contribution in [0.2, 0.25) is 0 Å². The Kier molecular flexibility index (Phi) is 4.64. The molecule has 0 aliphatic carbocycles. The first-order valence-electron chi connectivity index (χ1n) is 8.12. The highest BCUT2D eigenvalue weighted by Gasteiger charge is 2.29. The number of carbonyl (C=O) groups is 2. The largest absolute Gasteiger partial charge is 0.478 e. The zero-order chi connectivity index (χ0) is 17.1. The standard InChI is InChI=1S/C18H21N3O3/c1-20-11-9-19-17(20)14-8-10-21(12-14)16(22)7-6-13-4-2-3-5-15(13)18(23)24/h2-5,9,11,14H,6-8,10,12H2,1H3,(H,23,24). The van der Waals surface area contributed by atoms with Gasteiger partial charge in [0.05, 0.1) is 5.56 Å². The minimum Gasteiger partial charge on any atom is -0.478 e. The number of hydrogen-bond acceptors (Lipinski definition) is 3. The maximum atomic E-state index is 12.5. The molecule has 0 radical (unpaired) electrons. The summed E-state index contributed by atoms with van der Waals surface area (Å²) in [6.07, 6.45) is 5.40. The maximum absolute atomic E-state index is 12.5. The number of imidazole rings is 1.